The molecule has 2 aromatic carbocycles. The van der Waals surface area contributed by atoms with Crippen LogP contribution >= 0.6 is 15.2 Å². The quantitative estimate of drug-likeness (QED) is 0.322. The molecule has 2 aromatic rings. The molecule has 0 aliphatic rings. The van der Waals surface area contributed by atoms with E-state index in [1.165, 1.54) is 12.2 Å². The first-order valence-electron chi connectivity index (χ1n) is 7.05. The van der Waals surface area contributed by atoms with Gasteiger partial charge in [0.1, 0.15) is 7.60 Å². The zero-order valence-corrected chi connectivity index (χ0v) is 26.7. The van der Waals surface area contributed by atoms with Crippen molar-refractivity contribution in [2.24, 2.45) is 0 Å². The molecular weight excluding hydrogens is 467 g/mol. The van der Waals surface area contributed by atoms with Crippen LogP contribution in [0.2, 0.25) is 0 Å². The summed E-state index contributed by atoms with van der Waals surface area (Å²) in [6.07, 6.45) is 2.14. The van der Waals surface area contributed by atoms with Crippen LogP contribution in [0.15, 0.2) is 60.7 Å². The van der Waals surface area contributed by atoms with E-state index in [1.54, 1.807) is 12.1 Å². The van der Waals surface area contributed by atoms with Gasteiger partial charge in [0.2, 0.25) is 0 Å². The van der Waals surface area contributed by atoms with E-state index < -0.39 is 27.0 Å². The summed E-state index contributed by atoms with van der Waals surface area (Å²) in [5.41, 5.74) is 2.74. The summed E-state index contributed by atoms with van der Waals surface area (Å²) in [6.45, 7) is 0. The molecule has 0 saturated carbocycles. The fourth-order valence-electron chi connectivity index (χ4n) is 2.18. The third-order valence-electron chi connectivity index (χ3n) is 3.42. The summed E-state index contributed by atoms with van der Waals surface area (Å²) < 4.78 is 21.9. The molecule has 6 nitrogen and oxygen atoms in total. The molecule has 0 aliphatic heterocycles. The van der Waals surface area contributed by atoms with E-state index in [0.717, 1.165) is 11.1 Å². The molecule has 0 aromatic heterocycles. The fraction of sp³-hybridized carbons (Fsp3) is 0.125. The Balaban J connectivity index is 0. The zero-order valence-electron chi connectivity index (χ0n) is 15.5. The topological polar surface area (TPSA) is 124 Å². The van der Waals surface area contributed by atoms with Crippen molar-refractivity contribution in [3.05, 3.63) is 66.2 Å². The van der Waals surface area contributed by atoms with Gasteiger partial charge in [0, 0.05) is 0 Å². The van der Waals surface area contributed by atoms with Crippen LogP contribution in [0, 0.1) is 0 Å². The van der Waals surface area contributed by atoms with Gasteiger partial charge in [-0.3, -0.25) is 0 Å². The monoisotopic (exact) mass is 482 g/mol. The van der Waals surface area contributed by atoms with E-state index in [-0.39, 0.29) is 154 Å². The Morgan fingerprint density at radius 3 is 1.78 bits per heavy atom. The van der Waals surface area contributed by atoms with E-state index in [2.05, 4.69) is 0 Å². The van der Waals surface area contributed by atoms with Crippen molar-refractivity contribution < 1.29 is 183 Å². The van der Waals surface area contributed by atoms with E-state index in [0.29, 0.717) is 5.56 Å². The first-order valence-corrected chi connectivity index (χ1v) is 10.3. The average molecular weight is 483 g/mol. The number of hydrogen-bond acceptors (Lipinski definition) is 5. The van der Waals surface area contributed by atoms with Gasteiger partial charge in [-0.05, 0) is 23.1 Å². The van der Waals surface area contributed by atoms with Gasteiger partial charge in [-0.1, -0.05) is 74.3 Å². The Morgan fingerprint density at radius 2 is 1.33 bits per heavy atom. The maximum Gasteiger partial charge on any atom is 1.00 e. The number of benzene rings is 2. The normalized spacial score (nSPS) is 14.2. The minimum Gasteiger partial charge on any atom is -0.810 e. The molecule has 0 heterocycles. The summed E-state index contributed by atoms with van der Waals surface area (Å²) in [5, 5.41) is -2.34. The molecule has 2 rings (SSSR count). The van der Waals surface area contributed by atoms with Gasteiger partial charge in [-0.25, -0.2) is 0 Å². The van der Waals surface area contributed by atoms with Gasteiger partial charge in [-0.15, -0.1) is 0 Å². The van der Waals surface area contributed by atoms with E-state index in [4.69, 9.17) is 4.89 Å². The third-order valence-corrected chi connectivity index (χ3v) is 7.05. The molecule has 27 heavy (non-hydrogen) atoms. The van der Waals surface area contributed by atoms with Crippen LogP contribution < -0.4 is 169 Å². The van der Waals surface area contributed by atoms with Crippen molar-refractivity contribution in [2.45, 2.75) is 11.8 Å². The van der Waals surface area contributed by atoms with Crippen LogP contribution in [-0.2, 0) is 9.13 Å². The molecule has 0 aliphatic carbocycles. The standard InChI is InChI=1S/C16H18O6P2.3K/c17-23(18,19)16(24(20,21)22)8-4-5-13-9-11-15(12-10-13)14-6-2-1-3-7-14;;;/h1-7,9-12,16H,8H2,(H2,17,18,19)(H2,20,21,22);;;/q;3*+1/p-3/b5-4-;;;. The second kappa shape index (κ2) is 15.3. The van der Waals surface area contributed by atoms with Crippen molar-refractivity contribution in [3.63, 3.8) is 0 Å². The predicted molar refractivity (Wildman–Crippen MR) is 86.7 cm³/mol. The molecule has 2 unspecified atom stereocenters. The van der Waals surface area contributed by atoms with Gasteiger partial charge in [0.25, 0.3) is 0 Å². The maximum atomic E-state index is 11.0. The van der Waals surface area contributed by atoms with Gasteiger partial charge in [-0.2, -0.15) is 0 Å². The summed E-state index contributed by atoms with van der Waals surface area (Å²) in [5.74, 6) is 0. The Kier molecular flexibility index (Phi) is 18.4. The molecule has 0 fully saturated rings. The van der Waals surface area contributed by atoms with E-state index in [9.17, 15) is 23.8 Å². The Morgan fingerprint density at radius 1 is 0.852 bits per heavy atom. The molecule has 0 radical (unpaired) electrons. The largest absolute Gasteiger partial charge is 1.00 e. The Bertz CT molecular complexity index is 781. The molecule has 0 saturated heterocycles. The van der Waals surface area contributed by atoms with E-state index in [1.807, 2.05) is 42.5 Å². The average Bonchev–Trinajstić information content (AvgIpc) is 2.50. The van der Waals surface area contributed by atoms with Crippen molar-refractivity contribution >= 4 is 21.3 Å². The second-order valence-corrected chi connectivity index (χ2v) is 9.07. The molecule has 1 N–H and O–H groups in total. The third kappa shape index (κ3) is 11.7. The fourth-order valence-corrected chi connectivity index (χ4v) is 4.38. The van der Waals surface area contributed by atoms with Crippen molar-refractivity contribution in [3.8, 4) is 11.1 Å². The second-order valence-electron chi connectivity index (χ2n) is 5.21. The molecule has 0 bridgehead atoms. The van der Waals surface area contributed by atoms with Crippen LogP contribution in [0.1, 0.15) is 12.0 Å². The minimum absolute atomic E-state index is 0. The van der Waals surface area contributed by atoms with Gasteiger partial charge in [0.15, 0.2) is 0 Å². The zero-order chi connectivity index (χ0) is 17.8. The summed E-state index contributed by atoms with van der Waals surface area (Å²) in [6, 6.07) is 17.0. The number of rotatable bonds is 6. The van der Waals surface area contributed by atoms with Crippen molar-refractivity contribution in [2.75, 3.05) is 0 Å². The predicted octanol–water partition coefficient (Wildman–Crippen LogP) is -7.45. The molecule has 0 spiro atoms. The summed E-state index contributed by atoms with van der Waals surface area (Å²) in [7, 11) is -10.7. The Labute approximate surface area is 286 Å². The van der Waals surface area contributed by atoms with Crippen molar-refractivity contribution in [1.29, 1.82) is 0 Å². The van der Waals surface area contributed by atoms with E-state index >= 15 is 0 Å². The van der Waals surface area contributed by atoms with Crippen LogP contribution in [0.5, 0.6) is 0 Å². The summed E-state index contributed by atoms with van der Waals surface area (Å²) >= 11 is 0. The smallest absolute Gasteiger partial charge is 0.810 e. The van der Waals surface area contributed by atoms with Crippen LogP contribution in [-0.4, -0.2) is 10.3 Å². The number of hydrogen-bond donors (Lipinski definition) is 1. The number of allylic oxidation sites excluding steroid dienone is 1. The Hall–Kier alpha value is 3.39. The van der Waals surface area contributed by atoms with Crippen LogP contribution in [0.25, 0.3) is 17.2 Å². The molecule has 11 heteroatoms. The SMILES string of the molecule is O=P([O-])([O-])C(C/C=C\c1ccc(-c2ccccc2)cc1)P(=O)([O-])O.[K+].[K+].[K+]. The molecule has 2 atom stereocenters. The minimum atomic E-state index is -5.44. The van der Waals surface area contributed by atoms with Crippen LogP contribution in [0.3, 0.4) is 0 Å². The van der Waals surface area contributed by atoms with Gasteiger partial charge < -0.3 is 28.7 Å². The molecule has 0 amide bonds. The van der Waals surface area contributed by atoms with Crippen molar-refractivity contribution in [1.82, 2.24) is 0 Å². The summed E-state index contributed by atoms with van der Waals surface area (Å²) in [4.78, 5) is 41.7. The first kappa shape index (κ1) is 32.6. The first-order chi connectivity index (χ1) is 11.2. The molecule has 128 valence electrons. The maximum absolute atomic E-state index is 11.0. The van der Waals surface area contributed by atoms with Crippen LogP contribution in [0.4, 0.5) is 0 Å². The van der Waals surface area contributed by atoms with Gasteiger partial charge in [0.05, 0.1) is 5.40 Å². The van der Waals surface area contributed by atoms with Gasteiger partial charge >= 0.3 is 154 Å². The molecular formula is C16H15K3O6P2.